The van der Waals surface area contributed by atoms with Crippen molar-refractivity contribution < 1.29 is 18.8 Å². The number of methoxy groups -OCH3 is 2. The molecule has 0 radical (unpaired) electrons. The Bertz CT molecular complexity index is 941. The standard InChI is InChI=1S/C25H37N5O4/c1-18-6-4-5-12-30(18)15-11-26-25(31)19-9-13-29(14-10-19)17-23-27-24(28-34-23)20-7-8-21(32-2)22(16-20)33-3/h7-8,16,18-19H,4-6,9-15,17H2,1-3H3,(H,26,31)/t18-/m1/s1. The van der Waals surface area contributed by atoms with E-state index in [9.17, 15) is 4.79 Å². The first kappa shape index (κ1) is 24.5. The van der Waals surface area contributed by atoms with Gasteiger partial charge in [0, 0.05) is 30.6 Å². The van der Waals surface area contributed by atoms with Crippen molar-refractivity contribution >= 4 is 5.91 Å². The fraction of sp³-hybridized carbons (Fsp3) is 0.640. The lowest BCUT2D eigenvalue weighted by atomic mass is 9.96. The zero-order chi connectivity index (χ0) is 23.9. The van der Waals surface area contributed by atoms with E-state index in [1.807, 2.05) is 18.2 Å². The Hall–Kier alpha value is -2.65. The van der Waals surface area contributed by atoms with Crippen molar-refractivity contribution in [3.05, 3.63) is 24.1 Å². The third-order valence-corrected chi connectivity index (χ3v) is 7.07. The van der Waals surface area contributed by atoms with E-state index in [1.165, 1.54) is 19.3 Å². The molecule has 1 N–H and O–H groups in total. The van der Waals surface area contributed by atoms with E-state index in [0.29, 0.717) is 35.8 Å². The van der Waals surface area contributed by atoms with Gasteiger partial charge in [0.1, 0.15) is 0 Å². The molecule has 1 aromatic carbocycles. The zero-order valence-corrected chi connectivity index (χ0v) is 20.6. The molecule has 0 unspecified atom stereocenters. The average Bonchev–Trinajstić information content (AvgIpc) is 3.33. The number of hydrogen-bond donors (Lipinski definition) is 1. The lowest BCUT2D eigenvalue weighted by Crippen LogP contribution is -2.45. The highest BCUT2D eigenvalue weighted by Crippen LogP contribution is 2.31. The van der Waals surface area contributed by atoms with Crippen molar-refractivity contribution in [3.8, 4) is 22.9 Å². The van der Waals surface area contributed by atoms with Gasteiger partial charge in [-0.2, -0.15) is 4.98 Å². The summed E-state index contributed by atoms with van der Waals surface area (Å²) in [5.41, 5.74) is 0.807. The number of carbonyl (C=O) groups is 1. The van der Waals surface area contributed by atoms with Crippen molar-refractivity contribution in [1.29, 1.82) is 0 Å². The van der Waals surface area contributed by atoms with E-state index < -0.39 is 0 Å². The highest BCUT2D eigenvalue weighted by molar-refractivity contribution is 5.78. The first-order valence-electron chi connectivity index (χ1n) is 12.4. The summed E-state index contributed by atoms with van der Waals surface area (Å²) in [4.78, 5) is 21.9. The number of ether oxygens (including phenoxy) is 2. The van der Waals surface area contributed by atoms with Crippen molar-refractivity contribution in [3.63, 3.8) is 0 Å². The molecule has 0 bridgehead atoms. The normalized spacial score (nSPS) is 20.3. The number of rotatable bonds is 9. The van der Waals surface area contributed by atoms with Crippen molar-refractivity contribution in [1.82, 2.24) is 25.3 Å². The summed E-state index contributed by atoms with van der Waals surface area (Å²) in [5, 5.41) is 7.29. The number of piperidine rings is 2. The second-order valence-corrected chi connectivity index (χ2v) is 9.30. The zero-order valence-electron chi connectivity index (χ0n) is 20.6. The van der Waals surface area contributed by atoms with Crippen LogP contribution in [0.25, 0.3) is 11.4 Å². The van der Waals surface area contributed by atoms with Gasteiger partial charge in [-0.15, -0.1) is 0 Å². The van der Waals surface area contributed by atoms with Gasteiger partial charge in [0.2, 0.25) is 17.6 Å². The van der Waals surface area contributed by atoms with E-state index in [4.69, 9.17) is 14.0 Å². The van der Waals surface area contributed by atoms with Gasteiger partial charge in [0.15, 0.2) is 11.5 Å². The lowest BCUT2D eigenvalue weighted by Gasteiger charge is -2.34. The molecule has 9 heteroatoms. The van der Waals surface area contributed by atoms with Gasteiger partial charge < -0.3 is 19.3 Å². The lowest BCUT2D eigenvalue weighted by molar-refractivity contribution is -0.126. The summed E-state index contributed by atoms with van der Waals surface area (Å²) in [5.74, 6) is 2.65. The molecule has 0 spiro atoms. The number of aromatic nitrogens is 2. The highest BCUT2D eigenvalue weighted by atomic mass is 16.5. The molecule has 186 valence electrons. The van der Waals surface area contributed by atoms with Crippen LogP contribution in [-0.4, -0.2) is 78.8 Å². The van der Waals surface area contributed by atoms with E-state index in [1.54, 1.807) is 14.2 Å². The molecule has 0 aliphatic carbocycles. The van der Waals surface area contributed by atoms with Crippen LogP contribution >= 0.6 is 0 Å². The minimum Gasteiger partial charge on any atom is -0.493 e. The van der Waals surface area contributed by atoms with Crippen LogP contribution in [0.2, 0.25) is 0 Å². The quantitative estimate of drug-likeness (QED) is 0.597. The second kappa shape index (κ2) is 11.7. The van der Waals surface area contributed by atoms with Gasteiger partial charge in [-0.05, 0) is 70.4 Å². The molecule has 2 aromatic rings. The molecule has 34 heavy (non-hydrogen) atoms. The van der Waals surface area contributed by atoms with Gasteiger partial charge >= 0.3 is 0 Å². The van der Waals surface area contributed by atoms with Crippen molar-refractivity contribution in [2.24, 2.45) is 5.92 Å². The largest absolute Gasteiger partial charge is 0.493 e. The van der Waals surface area contributed by atoms with Gasteiger partial charge in [0.05, 0.1) is 20.8 Å². The molecule has 3 heterocycles. The van der Waals surface area contributed by atoms with E-state index >= 15 is 0 Å². The molecular weight excluding hydrogens is 434 g/mol. The Morgan fingerprint density at radius 2 is 1.91 bits per heavy atom. The molecule has 9 nitrogen and oxygen atoms in total. The molecule has 1 aromatic heterocycles. The first-order chi connectivity index (χ1) is 16.6. The van der Waals surface area contributed by atoms with Crippen LogP contribution in [0.3, 0.4) is 0 Å². The number of carbonyl (C=O) groups excluding carboxylic acids is 1. The van der Waals surface area contributed by atoms with Crippen LogP contribution in [0.5, 0.6) is 11.5 Å². The molecule has 1 atom stereocenters. The predicted octanol–water partition coefficient (Wildman–Crippen LogP) is 2.96. The smallest absolute Gasteiger partial charge is 0.241 e. The Balaban J connectivity index is 1.21. The van der Waals surface area contributed by atoms with Gasteiger partial charge in [-0.3, -0.25) is 14.6 Å². The van der Waals surface area contributed by atoms with Crippen LogP contribution in [0.15, 0.2) is 22.7 Å². The Labute approximate surface area is 201 Å². The predicted molar refractivity (Wildman–Crippen MR) is 129 cm³/mol. The number of nitrogens with zero attached hydrogens (tertiary/aromatic N) is 4. The SMILES string of the molecule is COc1ccc(-c2noc(CN3CCC(C(=O)NCCN4CCCC[C@H]4C)CC3)n2)cc1OC. The second-order valence-electron chi connectivity index (χ2n) is 9.30. The third kappa shape index (κ3) is 6.07. The van der Waals surface area contributed by atoms with Crippen LogP contribution in [0.1, 0.15) is 44.9 Å². The molecular formula is C25H37N5O4. The average molecular weight is 472 g/mol. The monoisotopic (exact) mass is 471 g/mol. The molecule has 4 rings (SSSR count). The minimum atomic E-state index is 0.0834. The molecule has 2 fully saturated rings. The van der Waals surface area contributed by atoms with E-state index in [-0.39, 0.29) is 11.8 Å². The number of nitrogens with one attached hydrogen (secondary N) is 1. The maximum atomic E-state index is 12.6. The summed E-state index contributed by atoms with van der Waals surface area (Å²) in [6.07, 6.45) is 5.56. The van der Waals surface area contributed by atoms with Gasteiger partial charge in [0.25, 0.3) is 0 Å². The molecule has 1 amide bonds. The number of hydrogen-bond acceptors (Lipinski definition) is 8. The Morgan fingerprint density at radius 3 is 2.65 bits per heavy atom. The van der Waals surface area contributed by atoms with Gasteiger partial charge in [-0.1, -0.05) is 11.6 Å². The van der Waals surface area contributed by atoms with Crippen LogP contribution < -0.4 is 14.8 Å². The molecule has 2 saturated heterocycles. The fourth-order valence-electron chi connectivity index (χ4n) is 4.91. The van der Waals surface area contributed by atoms with Crippen molar-refractivity contribution in [2.75, 3.05) is 46.9 Å². The van der Waals surface area contributed by atoms with Crippen LogP contribution in [0.4, 0.5) is 0 Å². The van der Waals surface area contributed by atoms with Gasteiger partial charge in [-0.25, -0.2) is 0 Å². The number of benzene rings is 1. The van der Waals surface area contributed by atoms with E-state index in [2.05, 4.69) is 32.2 Å². The summed E-state index contributed by atoms with van der Waals surface area (Å²) in [6, 6.07) is 6.17. The maximum Gasteiger partial charge on any atom is 0.241 e. The molecule has 2 aliphatic rings. The maximum absolute atomic E-state index is 12.6. The van der Waals surface area contributed by atoms with Crippen molar-refractivity contribution in [2.45, 2.75) is 51.6 Å². The minimum absolute atomic E-state index is 0.0834. The topological polar surface area (TPSA) is 93.0 Å². The molecule has 2 aliphatic heterocycles. The Kier molecular flexibility index (Phi) is 8.39. The van der Waals surface area contributed by atoms with E-state index in [0.717, 1.165) is 51.1 Å². The number of likely N-dealkylation sites (tertiary alicyclic amines) is 2. The molecule has 0 saturated carbocycles. The number of amides is 1. The third-order valence-electron chi connectivity index (χ3n) is 7.07. The van der Waals surface area contributed by atoms with Crippen LogP contribution in [-0.2, 0) is 11.3 Å². The summed E-state index contributed by atoms with van der Waals surface area (Å²) in [7, 11) is 3.20. The summed E-state index contributed by atoms with van der Waals surface area (Å²) < 4.78 is 16.1. The summed E-state index contributed by atoms with van der Waals surface area (Å²) in [6.45, 7) is 7.40. The first-order valence-corrected chi connectivity index (χ1v) is 12.4. The Morgan fingerprint density at radius 1 is 1.12 bits per heavy atom. The van der Waals surface area contributed by atoms with Crippen LogP contribution in [0, 0.1) is 5.92 Å². The summed E-state index contributed by atoms with van der Waals surface area (Å²) >= 11 is 0. The highest BCUT2D eigenvalue weighted by Gasteiger charge is 2.26. The fourth-order valence-corrected chi connectivity index (χ4v) is 4.91.